The molecule has 1 aliphatic heterocycles. The monoisotopic (exact) mass is 212 g/mol. The highest BCUT2D eigenvalue weighted by Gasteiger charge is 2.39. The molecule has 0 spiro atoms. The fraction of sp³-hybridized carbons (Fsp3) is 0.700. The second-order valence-electron chi connectivity index (χ2n) is 4.16. The minimum atomic E-state index is -0.650. The standard InChI is InChI=1S/C10H16N2OS/c1-7-4-10(13,6-14-7)9-5-12(3)11-8(9)2/h5,7,13H,4,6H2,1-3H3. The topological polar surface area (TPSA) is 38.0 Å². The van der Waals surface area contributed by atoms with Crippen LogP contribution in [0, 0.1) is 6.92 Å². The van der Waals surface area contributed by atoms with Crippen LogP contribution < -0.4 is 0 Å². The minimum Gasteiger partial charge on any atom is -0.384 e. The summed E-state index contributed by atoms with van der Waals surface area (Å²) >= 11 is 1.83. The Morgan fingerprint density at radius 1 is 1.71 bits per heavy atom. The van der Waals surface area contributed by atoms with Crippen molar-refractivity contribution in [2.24, 2.45) is 7.05 Å². The van der Waals surface area contributed by atoms with Crippen molar-refractivity contribution in [1.29, 1.82) is 0 Å². The van der Waals surface area contributed by atoms with Crippen LogP contribution >= 0.6 is 11.8 Å². The lowest BCUT2D eigenvalue weighted by atomic mass is 9.92. The Hall–Kier alpha value is -0.480. The van der Waals surface area contributed by atoms with Crippen LogP contribution in [-0.2, 0) is 12.6 Å². The molecule has 2 heterocycles. The number of aryl methyl sites for hydroxylation is 2. The molecule has 4 heteroatoms. The fourth-order valence-corrected chi connectivity index (χ4v) is 3.34. The Kier molecular flexibility index (Phi) is 2.35. The van der Waals surface area contributed by atoms with E-state index in [1.54, 1.807) is 4.68 Å². The lowest BCUT2D eigenvalue weighted by Crippen LogP contribution is -2.25. The Bertz CT molecular complexity index is 350. The van der Waals surface area contributed by atoms with Gasteiger partial charge < -0.3 is 5.11 Å². The van der Waals surface area contributed by atoms with Gasteiger partial charge in [-0.05, 0) is 13.3 Å². The average molecular weight is 212 g/mol. The third-order valence-electron chi connectivity index (χ3n) is 2.75. The van der Waals surface area contributed by atoms with Crippen molar-refractivity contribution >= 4 is 11.8 Å². The van der Waals surface area contributed by atoms with Crippen molar-refractivity contribution < 1.29 is 5.11 Å². The van der Waals surface area contributed by atoms with Gasteiger partial charge in [0, 0.05) is 29.8 Å². The second kappa shape index (κ2) is 3.28. The molecule has 1 aromatic heterocycles. The van der Waals surface area contributed by atoms with Crippen LogP contribution in [0.5, 0.6) is 0 Å². The van der Waals surface area contributed by atoms with Gasteiger partial charge in [-0.3, -0.25) is 4.68 Å². The molecule has 3 nitrogen and oxygen atoms in total. The number of hydrogen-bond donors (Lipinski definition) is 1. The summed E-state index contributed by atoms with van der Waals surface area (Å²) in [6, 6.07) is 0. The molecule has 1 aromatic rings. The zero-order valence-corrected chi connectivity index (χ0v) is 9.64. The largest absolute Gasteiger partial charge is 0.384 e. The molecule has 0 aromatic carbocycles. The van der Waals surface area contributed by atoms with Crippen molar-refractivity contribution in [3.8, 4) is 0 Å². The van der Waals surface area contributed by atoms with Crippen molar-refractivity contribution in [3.63, 3.8) is 0 Å². The van der Waals surface area contributed by atoms with Crippen LogP contribution in [0.2, 0.25) is 0 Å². The van der Waals surface area contributed by atoms with E-state index in [1.165, 1.54) is 0 Å². The van der Waals surface area contributed by atoms with Crippen molar-refractivity contribution in [2.75, 3.05) is 5.75 Å². The maximum atomic E-state index is 10.5. The molecule has 2 rings (SSSR count). The van der Waals surface area contributed by atoms with E-state index in [0.29, 0.717) is 5.25 Å². The molecule has 2 atom stereocenters. The number of aromatic nitrogens is 2. The van der Waals surface area contributed by atoms with E-state index in [0.717, 1.165) is 23.4 Å². The molecule has 0 radical (unpaired) electrons. The predicted molar refractivity (Wildman–Crippen MR) is 58.4 cm³/mol. The highest BCUT2D eigenvalue weighted by atomic mass is 32.2. The molecule has 0 saturated carbocycles. The summed E-state index contributed by atoms with van der Waals surface area (Å²) < 4.78 is 1.77. The highest BCUT2D eigenvalue weighted by Crippen LogP contribution is 2.41. The lowest BCUT2D eigenvalue weighted by molar-refractivity contribution is 0.0605. The van der Waals surface area contributed by atoms with E-state index in [2.05, 4.69) is 12.0 Å². The summed E-state index contributed by atoms with van der Waals surface area (Å²) in [5.74, 6) is 0.792. The molecular formula is C10H16N2OS. The number of thioether (sulfide) groups is 1. The third-order valence-corrected chi connectivity index (χ3v) is 4.13. The number of nitrogens with zero attached hydrogens (tertiary/aromatic N) is 2. The maximum absolute atomic E-state index is 10.5. The van der Waals surface area contributed by atoms with Gasteiger partial charge in [0.25, 0.3) is 0 Å². The van der Waals surface area contributed by atoms with Crippen LogP contribution in [0.15, 0.2) is 6.20 Å². The van der Waals surface area contributed by atoms with Crippen LogP contribution in [0.3, 0.4) is 0 Å². The van der Waals surface area contributed by atoms with Crippen LogP contribution in [-0.4, -0.2) is 25.9 Å². The molecule has 2 unspecified atom stereocenters. The SMILES string of the molecule is Cc1nn(C)cc1C1(O)CSC(C)C1. The van der Waals surface area contributed by atoms with Crippen LogP contribution in [0.25, 0.3) is 0 Å². The molecule has 1 fully saturated rings. The summed E-state index contributed by atoms with van der Waals surface area (Å²) in [5.41, 5.74) is 1.30. The number of hydrogen-bond acceptors (Lipinski definition) is 3. The number of aliphatic hydroxyl groups is 1. The first-order valence-corrected chi connectivity index (χ1v) is 5.91. The normalized spacial score (nSPS) is 32.4. The van der Waals surface area contributed by atoms with E-state index in [-0.39, 0.29) is 0 Å². The molecule has 1 aliphatic rings. The summed E-state index contributed by atoms with van der Waals surface area (Å²) in [6.45, 7) is 4.12. The fourth-order valence-electron chi connectivity index (χ4n) is 2.12. The van der Waals surface area contributed by atoms with Gasteiger partial charge in [-0.1, -0.05) is 6.92 Å². The predicted octanol–water partition coefficient (Wildman–Crippen LogP) is 1.44. The smallest absolute Gasteiger partial charge is 0.103 e. The minimum absolute atomic E-state index is 0.541. The molecule has 0 aliphatic carbocycles. The first-order valence-electron chi connectivity index (χ1n) is 4.86. The van der Waals surface area contributed by atoms with Gasteiger partial charge in [0.05, 0.1) is 5.69 Å². The van der Waals surface area contributed by atoms with Gasteiger partial charge in [0.2, 0.25) is 0 Å². The zero-order chi connectivity index (χ0) is 10.3. The molecular weight excluding hydrogens is 196 g/mol. The molecule has 1 N–H and O–H groups in total. The Morgan fingerprint density at radius 2 is 2.43 bits per heavy atom. The van der Waals surface area contributed by atoms with Crippen molar-refractivity contribution in [1.82, 2.24) is 9.78 Å². The van der Waals surface area contributed by atoms with Gasteiger partial charge in [0.15, 0.2) is 0 Å². The average Bonchev–Trinajstić information content (AvgIpc) is 2.57. The molecule has 78 valence electrons. The van der Waals surface area contributed by atoms with E-state index in [9.17, 15) is 5.11 Å². The van der Waals surface area contributed by atoms with Gasteiger partial charge >= 0.3 is 0 Å². The maximum Gasteiger partial charge on any atom is 0.103 e. The quantitative estimate of drug-likeness (QED) is 0.765. The van der Waals surface area contributed by atoms with E-state index >= 15 is 0 Å². The first kappa shape index (κ1) is 10.1. The van der Waals surface area contributed by atoms with Gasteiger partial charge in [-0.15, -0.1) is 0 Å². The van der Waals surface area contributed by atoms with E-state index in [4.69, 9.17) is 0 Å². The first-order chi connectivity index (χ1) is 6.51. The second-order valence-corrected chi connectivity index (χ2v) is 5.59. The molecule has 14 heavy (non-hydrogen) atoms. The lowest BCUT2D eigenvalue weighted by Gasteiger charge is -2.20. The zero-order valence-electron chi connectivity index (χ0n) is 8.82. The van der Waals surface area contributed by atoms with Gasteiger partial charge in [-0.25, -0.2) is 0 Å². The molecule has 1 saturated heterocycles. The summed E-state index contributed by atoms with van der Waals surface area (Å²) in [5, 5.41) is 15.3. The third kappa shape index (κ3) is 1.57. The van der Waals surface area contributed by atoms with E-state index in [1.807, 2.05) is 31.9 Å². The van der Waals surface area contributed by atoms with Crippen LogP contribution in [0.1, 0.15) is 24.6 Å². The van der Waals surface area contributed by atoms with Crippen molar-refractivity contribution in [2.45, 2.75) is 31.1 Å². The van der Waals surface area contributed by atoms with Crippen LogP contribution in [0.4, 0.5) is 0 Å². The summed E-state index contributed by atoms with van der Waals surface area (Å²) in [7, 11) is 1.89. The van der Waals surface area contributed by atoms with Gasteiger partial charge in [0.1, 0.15) is 5.60 Å². The molecule has 0 amide bonds. The Morgan fingerprint density at radius 3 is 2.86 bits per heavy atom. The summed E-state index contributed by atoms with van der Waals surface area (Å²) in [6.07, 6.45) is 2.78. The number of rotatable bonds is 1. The van der Waals surface area contributed by atoms with Crippen molar-refractivity contribution in [3.05, 3.63) is 17.5 Å². The molecule has 0 bridgehead atoms. The van der Waals surface area contributed by atoms with E-state index < -0.39 is 5.60 Å². The summed E-state index contributed by atoms with van der Waals surface area (Å²) in [4.78, 5) is 0. The highest BCUT2D eigenvalue weighted by molar-refractivity contribution is 8.00. The Labute approximate surface area is 88.5 Å². The van der Waals surface area contributed by atoms with Gasteiger partial charge in [-0.2, -0.15) is 16.9 Å². The Balaban J connectivity index is 2.34.